The second-order valence-corrected chi connectivity index (χ2v) is 5.56. The molecule has 0 aromatic heterocycles. The Kier molecular flexibility index (Phi) is 3.84. The van der Waals surface area contributed by atoms with Crippen LogP contribution in [-0.4, -0.2) is 19.6 Å². The Hall–Kier alpha value is -2.01. The van der Waals surface area contributed by atoms with Gasteiger partial charge in [0.15, 0.2) is 12.4 Å². The topological polar surface area (TPSA) is 38.8 Å². The number of ether oxygens (including phenoxy) is 2. The maximum atomic E-state index is 12.2. The lowest BCUT2D eigenvalue weighted by Gasteiger charge is -2.30. The summed E-state index contributed by atoms with van der Waals surface area (Å²) in [6.45, 7) is 0.571. The van der Waals surface area contributed by atoms with Crippen molar-refractivity contribution in [3.63, 3.8) is 0 Å². The summed E-state index contributed by atoms with van der Waals surface area (Å²) < 4.78 is 11.5. The third-order valence-electron chi connectivity index (χ3n) is 3.38. The van der Waals surface area contributed by atoms with Crippen molar-refractivity contribution in [1.82, 2.24) is 0 Å². The Morgan fingerprint density at radius 3 is 2.71 bits per heavy atom. The summed E-state index contributed by atoms with van der Waals surface area (Å²) >= 11 is 3.45. The molecule has 0 saturated heterocycles. The lowest BCUT2D eigenvalue weighted by Crippen LogP contribution is -2.38. The van der Waals surface area contributed by atoms with Crippen molar-refractivity contribution in [1.29, 1.82) is 0 Å². The highest BCUT2D eigenvalue weighted by Crippen LogP contribution is 2.38. The molecule has 1 amide bonds. The number of rotatable bonds is 3. The van der Waals surface area contributed by atoms with E-state index >= 15 is 0 Å². The van der Waals surface area contributed by atoms with Crippen molar-refractivity contribution in [2.45, 2.75) is 6.54 Å². The highest BCUT2D eigenvalue weighted by Gasteiger charge is 2.26. The number of carbonyl (C=O) groups is 1. The fourth-order valence-electron chi connectivity index (χ4n) is 2.29. The van der Waals surface area contributed by atoms with Crippen molar-refractivity contribution in [3.8, 4) is 11.5 Å². The first-order valence-electron chi connectivity index (χ1n) is 6.53. The van der Waals surface area contributed by atoms with Gasteiger partial charge in [0.1, 0.15) is 5.75 Å². The Morgan fingerprint density at radius 2 is 2.00 bits per heavy atom. The highest BCUT2D eigenvalue weighted by atomic mass is 79.9. The van der Waals surface area contributed by atoms with E-state index in [4.69, 9.17) is 9.47 Å². The maximum Gasteiger partial charge on any atom is 0.265 e. The number of halogens is 1. The van der Waals surface area contributed by atoms with Crippen LogP contribution in [0.1, 0.15) is 5.56 Å². The number of para-hydroxylation sites is 1. The molecule has 21 heavy (non-hydrogen) atoms. The Bertz CT molecular complexity index is 670. The number of methoxy groups -OCH3 is 1. The molecule has 0 spiro atoms. The summed E-state index contributed by atoms with van der Waals surface area (Å²) in [7, 11) is 1.63. The first kappa shape index (κ1) is 13.9. The first-order chi connectivity index (χ1) is 10.2. The third-order valence-corrected chi connectivity index (χ3v) is 4.00. The van der Waals surface area contributed by atoms with Crippen molar-refractivity contribution >= 4 is 27.5 Å². The van der Waals surface area contributed by atoms with Gasteiger partial charge in [-0.15, -0.1) is 0 Å². The number of carbonyl (C=O) groups excluding carboxylic acids is 1. The summed E-state index contributed by atoms with van der Waals surface area (Å²) in [5, 5.41) is 0. The molecule has 0 saturated carbocycles. The van der Waals surface area contributed by atoms with Crippen LogP contribution in [0, 0.1) is 0 Å². The number of fused-ring (bicyclic) bond motifs is 1. The van der Waals surface area contributed by atoms with Gasteiger partial charge >= 0.3 is 0 Å². The molecular formula is C16H14BrNO3. The van der Waals surface area contributed by atoms with Gasteiger partial charge in [-0.3, -0.25) is 4.79 Å². The van der Waals surface area contributed by atoms with Crippen LogP contribution in [0.25, 0.3) is 0 Å². The van der Waals surface area contributed by atoms with Crippen LogP contribution in [-0.2, 0) is 11.3 Å². The SMILES string of the molecule is COc1ccc(CN2C(=O)COc3c(Br)cccc32)cc1. The van der Waals surface area contributed by atoms with Gasteiger partial charge in [0.25, 0.3) is 5.91 Å². The number of hydrogen-bond acceptors (Lipinski definition) is 3. The van der Waals surface area contributed by atoms with Gasteiger partial charge in [0.2, 0.25) is 0 Å². The number of anilines is 1. The molecule has 5 heteroatoms. The molecule has 0 radical (unpaired) electrons. The van der Waals surface area contributed by atoms with E-state index in [2.05, 4.69) is 15.9 Å². The van der Waals surface area contributed by atoms with Crippen LogP contribution in [0.2, 0.25) is 0 Å². The predicted octanol–water partition coefficient (Wildman–Crippen LogP) is 3.38. The molecule has 0 N–H and O–H groups in total. The molecule has 1 aliphatic rings. The van der Waals surface area contributed by atoms with Crippen LogP contribution < -0.4 is 14.4 Å². The number of benzene rings is 2. The van der Waals surface area contributed by atoms with Crippen LogP contribution in [0.3, 0.4) is 0 Å². The minimum absolute atomic E-state index is 0.0450. The summed E-state index contributed by atoms with van der Waals surface area (Å²) in [5.41, 5.74) is 1.83. The van der Waals surface area contributed by atoms with Gasteiger partial charge in [0, 0.05) is 0 Å². The van der Waals surface area contributed by atoms with E-state index in [1.165, 1.54) is 0 Å². The van der Waals surface area contributed by atoms with Crippen LogP contribution in [0.5, 0.6) is 11.5 Å². The van der Waals surface area contributed by atoms with Gasteiger partial charge in [-0.25, -0.2) is 0 Å². The second-order valence-electron chi connectivity index (χ2n) is 4.70. The minimum Gasteiger partial charge on any atom is -0.497 e. The summed E-state index contributed by atoms with van der Waals surface area (Å²) in [6.07, 6.45) is 0. The van der Waals surface area contributed by atoms with Crippen LogP contribution in [0.15, 0.2) is 46.9 Å². The van der Waals surface area contributed by atoms with Gasteiger partial charge in [-0.05, 0) is 45.8 Å². The van der Waals surface area contributed by atoms with E-state index in [1.807, 2.05) is 42.5 Å². The zero-order valence-electron chi connectivity index (χ0n) is 11.5. The lowest BCUT2D eigenvalue weighted by molar-refractivity contribution is -0.121. The van der Waals surface area contributed by atoms with E-state index in [9.17, 15) is 4.79 Å². The molecule has 1 heterocycles. The largest absolute Gasteiger partial charge is 0.497 e. The fraction of sp³-hybridized carbons (Fsp3) is 0.188. The third kappa shape index (κ3) is 2.74. The molecular weight excluding hydrogens is 334 g/mol. The van der Waals surface area contributed by atoms with E-state index in [0.29, 0.717) is 12.3 Å². The summed E-state index contributed by atoms with van der Waals surface area (Å²) in [6, 6.07) is 13.4. The second kappa shape index (κ2) is 5.77. The fourth-order valence-corrected chi connectivity index (χ4v) is 2.76. The normalized spacial score (nSPS) is 13.6. The van der Waals surface area contributed by atoms with Gasteiger partial charge in [-0.2, -0.15) is 0 Å². The molecule has 108 valence electrons. The molecule has 0 bridgehead atoms. The molecule has 0 fully saturated rings. The van der Waals surface area contributed by atoms with E-state index in [0.717, 1.165) is 21.5 Å². The number of hydrogen-bond donors (Lipinski definition) is 0. The molecule has 2 aromatic carbocycles. The summed E-state index contributed by atoms with van der Waals surface area (Å²) in [4.78, 5) is 13.9. The zero-order valence-corrected chi connectivity index (χ0v) is 13.1. The lowest BCUT2D eigenvalue weighted by atomic mass is 10.1. The quantitative estimate of drug-likeness (QED) is 0.854. The first-order valence-corrected chi connectivity index (χ1v) is 7.33. The van der Waals surface area contributed by atoms with E-state index < -0.39 is 0 Å². The molecule has 0 atom stereocenters. The number of amides is 1. The molecule has 4 nitrogen and oxygen atoms in total. The number of nitrogens with zero attached hydrogens (tertiary/aromatic N) is 1. The Balaban J connectivity index is 1.91. The average molecular weight is 348 g/mol. The zero-order chi connectivity index (χ0) is 14.8. The molecule has 1 aliphatic heterocycles. The average Bonchev–Trinajstić information content (AvgIpc) is 2.51. The molecule has 3 rings (SSSR count). The minimum atomic E-state index is -0.0450. The standard InChI is InChI=1S/C16H14BrNO3/c1-20-12-7-5-11(6-8-12)9-18-14-4-2-3-13(17)16(14)21-10-15(18)19/h2-8H,9-10H2,1H3. The van der Waals surface area contributed by atoms with E-state index in [1.54, 1.807) is 12.0 Å². The molecule has 0 unspecified atom stereocenters. The van der Waals surface area contributed by atoms with Crippen molar-refractivity contribution in [3.05, 3.63) is 52.5 Å². The van der Waals surface area contributed by atoms with Crippen LogP contribution in [0.4, 0.5) is 5.69 Å². The Morgan fingerprint density at radius 1 is 1.24 bits per heavy atom. The van der Waals surface area contributed by atoms with Crippen molar-refractivity contribution < 1.29 is 14.3 Å². The summed E-state index contributed by atoms with van der Waals surface area (Å²) in [5.74, 6) is 1.47. The Labute approximate surface area is 131 Å². The van der Waals surface area contributed by atoms with E-state index in [-0.39, 0.29) is 12.5 Å². The molecule has 0 aliphatic carbocycles. The highest BCUT2D eigenvalue weighted by molar-refractivity contribution is 9.10. The molecule has 2 aromatic rings. The van der Waals surface area contributed by atoms with Gasteiger partial charge in [-0.1, -0.05) is 18.2 Å². The van der Waals surface area contributed by atoms with Crippen LogP contribution >= 0.6 is 15.9 Å². The van der Waals surface area contributed by atoms with Gasteiger partial charge in [0.05, 0.1) is 23.8 Å². The predicted molar refractivity (Wildman–Crippen MR) is 83.8 cm³/mol. The van der Waals surface area contributed by atoms with Gasteiger partial charge < -0.3 is 14.4 Å². The maximum absolute atomic E-state index is 12.2. The smallest absolute Gasteiger partial charge is 0.265 e. The monoisotopic (exact) mass is 347 g/mol. The van der Waals surface area contributed by atoms with Crippen molar-refractivity contribution in [2.24, 2.45) is 0 Å². The van der Waals surface area contributed by atoms with Crippen molar-refractivity contribution in [2.75, 3.05) is 18.6 Å².